The van der Waals surface area contributed by atoms with E-state index < -0.39 is 0 Å². The number of aromatic hydroxyl groups is 1. The van der Waals surface area contributed by atoms with Crippen molar-refractivity contribution in [3.8, 4) is 5.75 Å². The molecule has 0 spiro atoms. The Kier molecular flexibility index (Phi) is 10.4. The summed E-state index contributed by atoms with van der Waals surface area (Å²) in [6.07, 6.45) is 9.24. The molecule has 1 aliphatic rings. The zero-order valence-electron chi connectivity index (χ0n) is 27.9. The zero-order chi connectivity index (χ0) is 31.4. The van der Waals surface area contributed by atoms with Crippen molar-refractivity contribution in [2.45, 2.75) is 110 Å². The quantitative estimate of drug-likeness (QED) is 0.253. The first-order valence-electron chi connectivity index (χ1n) is 16.3. The average Bonchev–Trinajstić information content (AvgIpc) is 2.94. The number of phenols is 1. The summed E-state index contributed by atoms with van der Waals surface area (Å²) in [6.45, 7) is 13.5. The highest BCUT2D eigenvalue weighted by Crippen LogP contribution is 2.40. The van der Waals surface area contributed by atoms with E-state index in [4.69, 9.17) is 9.97 Å². The molecule has 0 bridgehead atoms. The fourth-order valence-corrected chi connectivity index (χ4v) is 6.42. The van der Waals surface area contributed by atoms with Gasteiger partial charge in [0.15, 0.2) is 0 Å². The van der Waals surface area contributed by atoms with Gasteiger partial charge >= 0.3 is 0 Å². The van der Waals surface area contributed by atoms with Gasteiger partial charge in [-0.05, 0) is 77.2 Å². The van der Waals surface area contributed by atoms with E-state index >= 15 is 0 Å². The number of nitrogens with one attached hydrogen (secondary N) is 1. The second-order valence-electron chi connectivity index (χ2n) is 15.0. The number of amides is 1. The van der Waals surface area contributed by atoms with Gasteiger partial charge in [0.1, 0.15) is 17.4 Å². The molecule has 1 saturated carbocycles. The molecule has 6 nitrogen and oxygen atoms in total. The topological polar surface area (TPSA) is 78.4 Å². The van der Waals surface area contributed by atoms with Gasteiger partial charge in [-0.25, -0.2) is 9.97 Å². The number of fused-ring (bicyclic) bond motifs is 1. The molecule has 2 N–H and O–H groups in total. The monoisotopic (exact) mass is 586 g/mol. The maximum absolute atomic E-state index is 12.8. The molecular formula is C37H54N4O2. The summed E-state index contributed by atoms with van der Waals surface area (Å²) in [7, 11) is 4.08. The number of rotatable bonds is 10. The third kappa shape index (κ3) is 8.70. The number of phenolic OH excluding ortho intramolecular Hbond substituents is 1. The molecule has 6 heteroatoms. The summed E-state index contributed by atoms with van der Waals surface area (Å²) in [5.41, 5.74) is 3.72. The molecule has 4 rings (SSSR count). The molecule has 2 aromatic carbocycles. The molecule has 3 aromatic rings. The Balaban J connectivity index is 1.20. The van der Waals surface area contributed by atoms with Gasteiger partial charge in [0.25, 0.3) is 0 Å². The number of benzene rings is 2. The van der Waals surface area contributed by atoms with Gasteiger partial charge in [0.2, 0.25) is 5.91 Å². The van der Waals surface area contributed by atoms with Crippen LogP contribution in [0.3, 0.4) is 0 Å². The van der Waals surface area contributed by atoms with Crippen molar-refractivity contribution in [2.24, 2.45) is 11.8 Å². The lowest BCUT2D eigenvalue weighted by Crippen LogP contribution is -2.31. The van der Waals surface area contributed by atoms with Crippen LogP contribution in [0.1, 0.15) is 109 Å². The number of nitrogens with zero attached hydrogens (tertiary/aromatic N) is 3. The largest absolute Gasteiger partial charge is 0.507 e. The minimum Gasteiger partial charge on any atom is -0.507 e. The molecule has 43 heavy (non-hydrogen) atoms. The minimum absolute atomic E-state index is 0.122. The van der Waals surface area contributed by atoms with Crippen molar-refractivity contribution in [2.75, 3.05) is 25.5 Å². The molecule has 234 valence electrons. The van der Waals surface area contributed by atoms with Gasteiger partial charge in [0.05, 0.1) is 5.52 Å². The van der Waals surface area contributed by atoms with Crippen LogP contribution in [0, 0.1) is 11.8 Å². The number of anilines is 1. The highest BCUT2D eigenvalue weighted by atomic mass is 16.3. The van der Waals surface area contributed by atoms with Crippen molar-refractivity contribution in [3.63, 3.8) is 0 Å². The molecule has 1 fully saturated rings. The van der Waals surface area contributed by atoms with E-state index in [1.807, 2.05) is 26.2 Å². The van der Waals surface area contributed by atoms with E-state index in [2.05, 4.69) is 76.0 Å². The van der Waals surface area contributed by atoms with Crippen LogP contribution in [0.15, 0.2) is 36.4 Å². The van der Waals surface area contributed by atoms with Crippen LogP contribution in [0.2, 0.25) is 0 Å². The summed E-state index contributed by atoms with van der Waals surface area (Å²) in [6, 6.07) is 12.4. The standard InChI is InChI=1S/C37H54N4O2/c1-36(2,3)29-22-27(23-30(34(29)43)37(4,5)6)20-21-33(42)38-24-26-18-16-25(17-19-26)12-11-15-32-39-31-14-10-9-13-28(31)35(40-32)41(7)8/h9-10,13-14,22-23,25-26,43H,11-12,15-21,24H2,1-8H3,(H,38,42). The fourth-order valence-electron chi connectivity index (χ4n) is 6.42. The van der Waals surface area contributed by atoms with Crippen LogP contribution in [-0.4, -0.2) is 41.6 Å². The van der Waals surface area contributed by atoms with Crippen LogP contribution >= 0.6 is 0 Å². The van der Waals surface area contributed by atoms with Gasteiger partial charge in [-0.2, -0.15) is 0 Å². The van der Waals surface area contributed by atoms with Crippen molar-refractivity contribution < 1.29 is 9.90 Å². The number of carbonyl (C=O) groups excluding carboxylic acids is 1. The van der Waals surface area contributed by atoms with E-state index in [0.29, 0.717) is 24.5 Å². The summed E-state index contributed by atoms with van der Waals surface area (Å²) >= 11 is 0. The number of hydrogen-bond donors (Lipinski definition) is 2. The summed E-state index contributed by atoms with van der Waals surface area (Å²) in [5, 5.41) is 15.3. The molecule has 1 heterocycles. The first-order valence-corrected chi connectivity index (χ1v) is 16.3. The normalized spacial score (nSPS) is 17.7. The predicted molar refractivity (Wildman–Crippen MR) is 179 cm³/mol. The number of aromatic nitrogens is 2. The van der Waals surface area contributed by atoms with E-state index in [1.165, 1.54) is 32.1 Å². The smallest absolute Gasteiger partial charge is 0.220 e. The first kappa shape index (κ1) is 32.8. The molecule has 0 saturated heterocycles. The number of para-hydroxylation sites is 1. The average molecular weight is 587 g/mol. The van der Waals surface area contributed by atoms with Gasteiger partial charge in [-0.1, -0.05) is 85.1 Å². The molecule has 0 radical (unpaired) electrons. The third-order valence-electron chi connectivity index (χ3n) is 9.05. The molecule has 1 aliphatic carbocycles. The molecule has 0 aliphatic heterocycles. The van der Waals surface area contributed by atoms with Gasteiger partial charge in [-0.3, -0.25) is 4.79 Å². The van der Waals surface area contributed by atoms with Crippen LogP contribution in [0.4, 0.5) is 5.82 Å². The van der Waals surface area contributed by atoms with E-state index in [9.17, 15) is 9.90 Å². The van der Waals surface area contributed by atoms with Gasteiger partial charge in [0, 0.05) is 38.9 Å². The number of aryl methyl sites for hydroxylation is 2. The Bertz CT molecular complexity index is 1360. The molecule has 1 amide bonds. The Morgan fingerprint density at radius 2 is 1.51 bits per heavy atom. The number of hydrogen-bond acceptors (Lipinski definition) is 5. The maximum Gasteiger partial charge on any atom is 0.220 e. The molecular weight excluding hydrogens is 532 g/mol. The summed E-state index contributed by atoms with van der Waals surface area (Å²) in [4.78, 5) is 24.6. The van der Waals surface area contributed by atoms with Crippen molar-refractivity contribution in [1.29, 1.82) is 0 Å². The third-order valence-corrected chi connectivity index (χ3v) is 9.05. The van der Waals surface area contributed by atoms with Crippen molar-refractivity contribution >= 4 is 22.6 Å². The van der Waals surface area contributed by atoms with Crippen LogP contribution in [0.5, 0.6) is 5.75 Å². The molecule has 0 unspecified atom stereocenters. The van der Waals surface area contributed by atoms with Gasteiger partial charge < -0.3 is 15.3 Å². The molecule has 0 atom stereocenters. The summed E-state index contributed by atoms with van der Waals surface area (Å²) < 4.78 is 0. The SMILES string of the molecule is CN(C)c1nc(CCCC2CCC(CNC(=O)CCc3cc(C(C)(C)C)c(O)c(C(C)(C)C)c3)CC2)nc2ccccc12. The summed E-state index contributed by atoms with van der Waals surface area (Å²) in [5.74, 6) is 3.78. The second-order valence-corrected chi connectivity index (χ2v) is 15.0. The lowest BCUT2D eigenvalue weighted by atomic mass is 9.78. The Labute approximate surface area is 259 Å². The minimum atomic E-state index is -0.166. The zero-order valence-corrected chi connectivity index (χ0v) is 27.9. The van der Waals surface area contributed by atoms with Crippen LogP contribution in [-0.2, 0) is 28.5 Å². The lowest BCUT2D eigenvalue weighted by molar-refractivity contribution is -0.121. The van der Waals surface area contributed by atoms with E-state index in [0.717, 1.165) is 64.5 Å². The first-order chi connectivity index (χ1) is 20.2. The van der Waals surface area contributed by atoms with E-state index in [1.54, 1.807) is 0 Å². The van der Waals surface area contributed by atoms with Crippen molar-refractivity contribution in [3.05, 3.63) is 58.9 Å². The Hall–Kier alpha value is -3.15. The van der Waals surface area contributed by atoms with Gasteiger partial charge in [-0.15, -0.1) is 0 Å². The highest BCUT2D eigenvalue weighted by Gasteiger charge is 2.27. The van der Waals surface area contributed by atoms with Crippen LogP contribution in [0.25, 0.3) is 10.9 Å². The highest BCUT2D eigenvalue weighted by molar-refractivity contribution is 5.89. The fraction of sp³-hybridized carbons (Fsp3) is 0.595. The number of carbonyl (C=O) groups is 1. The molecule has 1 aromatic heterocycles. The maximum atomic E-state index is 12.8. The van der Waals surface area contributed by atoms with E-state index in [-0.39, 0.29) is 16.7 Å². The van der Waals surface area contributed by atoms with Crippen molar-refractivity contribution in [1.82, 2.24) is 15.3 Å². The lowest BCUT2D eigenvalue weighted by Gasteiger charge is -2.29. The Morgan fingerprint density at radius 1 is 0.907 bits per heavy atom. The predicted octanol–water partition coefficient (Wildman–Crippen LogP) is 7.87. The Morgan fingerprint density at radius 3 is 2.12 bits per heavy atom. The second kappa shape index (κ2) is 13.7. The van der Waals surface area contributed by atoms with Crippen LogP contribution < -0.4 is 10.2 Å².